The molecule has 1 amide bonds. The van der Waals surface area contributed by atoms with E-state index in [2.05, 4.69) is 10.6 Å². The SMILES string of the molecule is CCCOc1ccc(C(=O)CCC(=O)NC2CCNCC2)cc1. The van der Waals surface area contributed by atoms with Gasteiger partial charge in [-0.1, -0.05) is 6.92 Å². The second-order valence-electron chi connectivity index (χ2n) is 5.89. The number of ether oxygens (including phenoxy) is 1. The Balaban J connectivity index is 1.74. The summed E-state index contributed by atoms with van der Waals surface area (Å²) in [5.74, 6) is 0.729. The fourth-order valence-corrected chi connectivity index (χ4v) is 2.59. The molecule has 1 fully saturated rings. The zero-order valence-corrected chi connectivity index (χ0v) is 13.8. The highest BCUT2D eigenvalue weighted by Gasteiger charge is 2.16. The molecular formula is C18H26N2O3. The average Bonchev–Trinajstić information content (AvgIpc) is 2.59. The van der Waals surface area contributed by atoms with Gasteiger partial charge in [0, 0.05) is 24.4 Å². The molecule has 1 aliphatic heterocycles. The molecule has 0 atom stereocenters. The Morgan fingerprint density at radius 2 is 1.87 bits per heavy atom. The van der Waals surface area contributed by atoms with Crippen LogP contribution in [0.1, 0.15) is 49.4 Å². The summed E-state index contributed by atoms with van der Waals surface area (Å²) in [5.41, 5.74) is 0.628. The highest BCUT2D eigenvalue weighted by atomic mass is 16.5. The lowest BCUT2D eigenvalue weighted by Gasteiger charge is -2.23. The third-order valence-corrected chi connectivity index (χ3v) is 3.93. The van der Waals surface area contributed by atoms with Gasteiger partial charge in [0.25, 0.3) is 0 Å². The fraction of sp³-hybridized carbons (Fsp3) is 0.556. The van der Waals surface area contributed by atoms with Gasteiger partial charge in [0.15, 0.2) is 5.78 Å². The number of rotatable bonds is 8. The van der Waals surface area contributed by atoms with Gasteiger partial charge in [0.05, 0.1) is 6.61 Å². The Bertz CT molecular complexity index is 508. The fourth-order valence-electron chi connectivity index (χ4n) is 2.59. The van der Waals surface area contributed by atoms with Crippen molar-refractivity contribution in [1.82, 2.24) is 10.6 Å². The molecule has 0 aromatic heterocycles. The van der Waals surface area contributed by atoms with E-state index in [1.54, 1.807) is 24.3 Å². The quantitative estimate of drug-likeness (QED) is 0.722. The van der Waals surface area contributed by atoms with Crippen molar-refractivity contribution in [2.75, 3.05) is 19.7 Å². The number of ketones is 1. The molecule has 1 aliphatic rings. The molecule has 2 N–H and O–H groups in total. The van der Waals surface area contributed by atoms with E-state index in [-0.39, 0.29) is 30.6 Å². The van der Waals surface area contributed by atoms with Crippen molar-refractivity contribution in [1.29, 1.82) is 0 Å². The Morgan fingerprint density at radius 1 is 1.17 bits per heavy atom. The molecule has 126 valence electrons. The standard InChI is InChI=1S/C18H26N2O3/c1-2-13-23-16-5-3-14(4-6-16)17(21)7-8-18(22)20-15-9-11-19-12-10-15/h3-6,15,19H,2,7-13H2,1H3,(H,20,22). The summed E-state index contributed by atoms with van der Waals surface area (Å²) < 4.78 is 5.49. The van der Waals surface area contributed by atoms with Crippen LogP contribution in [0, 0.1) is 0 Å². The molecule has 2 rings (SSSR count). The molecule has 23 heavy (non-hydrogen) atoms. The normalized spacial score (nSPS) is 15.2. The largest absolute Gasteiger partial charge is 0.494 e. The maximum absolute atomic E-state index is 12.1. The van der Waals surface area contributed by atoms with Crippen molar-refractivity contribution in [3.8, 4) is 5.75 Å². The van der Waals surface area contributed by atoms with Crippen LogP contribution in [0.15, 0.2) is 24.3 Å². The molecular weight excluding hydrogens is 292 g/mol. The van der Waals surface area contributed by atoms with Gasteiger partial charge in [-0.3, -0.25) is 9.59 Å². The number of nitrogens with one attached hydrogen (secondary N) is 2. The van der Waals surface area contributed by atoms with E-state index < -0.39 is 0 Å². The lowest BCUT2D eigenvalue weighted by molar-refractivity contribution is -0.121. The van der Waals surface area contributed by atoms with E-state index in [0.717, 1.165) is 38.1 Å². The van der Waals surface area contributed by atoms with Crippen LogP contribution in [0.4, 0.5) is 0 Å². The molecule has 5 heteroatoms. The number of carbonyl (C=O) groups is 2. The second-order valence-corrected chi connectivity index (χ2v) is 5.89. The van der Waals surface area contributed by atoms with Gasteiger partial charge in [-0.25, -0.2) is 0 Å². The number of hydrogen-bond donors (Lipinski definition) is 2. The highest BCUT2D eigenvalue weighted by Crippen LogP contribution is 2.14. The smallest absolute Gasteiger partial charge is 0.220 e. The van der Waals surface area contributed by atoms with Gasteiger partial charge in [-0.15, -0.1) is 0 Å². The molecule has 0 aliphatic carbocycles. The van der Waals surface area contributed by atoms with Gasteiger partial charge in [-0.05, 0) is 56.6 Å². The van der Waals surface area contributed by atoms with Gasteiger partial charge in [0.2, 0.25) is 5.91 Å². The van der Waals surface area contributed by atoms with E-state index in [9.17, 15) is 9.59 Å². The molecule has 0 radical (unpaired) electrons. The molecule has 0 unspecified atom stereocenters. The van der Waals surface area contributed by atoms with Crippen LogP contribution >= 0.6 is 0 Å². The number of amides is 1. The van der Waals surface area contributed by atoms with E-state index in [1.165, 1.54) is 0 Å². The number of hydrogen-bond acceptors (Lipinski definition) is 4. The molecule has 1 aromatic rings. The van der Waals surface area contributed by atoms with Crippen LogP contribution in [0.5, 0.6) is 5.75 Å². The Labute approximate surface area is 137 Å². The summed E-state index contributed by atoms with van der Waals surface area (Å²) in [6, 6.07) is 7.38. The lowest BCUT2D eigenvalue weighted by Crippen LogP contribution is -2.42. The van der Waals surface area contributed by atoms with Crippen LogP contribution in [-0.2, 0) is 4.79 Å². The average molecular weight is 318 g/mol. The molecule has 5 nitrogen and oxygen atoms in total. The molecule has 1 saturated heterocycles. The Morgan fingerprint density at radius 3 is 2.52 bits per heavy atom. The molecule has 0 saturated carbocycles. The minimum atomic E-state index is -0.0341. The van der Waals surface area contributed by atoms with E-state index in [0.29, 0.717) is 12.2 Å². The number of piperidine rings is 1. The molecule has 1 heterocycles. The molecule has 0 bridgehead atoms. The van der Waals surface area contributed by atoms with Crippen LogP contribution in [0.3, 0.4) is 0 Å². The second kappa shape index (κ2) is 9.30. The third-order valence-electron chi connectivity index (χ3n) is 3.93. The van der Waals surface area contributed by atoms with Gasteiger partial charge in [0.1, 0.15) is 5.75 Å². The van der Waals surface area contributed by atoms with Crippen LogP contribution in [0.25, 0.3) is 0 Å². The predicted octanol–water partition coefficient (Wildman–Crippen LogP) is 2.31. The van der Waals surface area contributed by atoms with Crippen molar-refractivity contribution in [3.05, 3.63) is 29.8 Å². The highest BCUT2D eigenvalue weighted by molar-refractivity contribution is 5.98. The molecule has 1 aromatic carbocycles. The third kappa shape index (κ3) is 6.02. The summed E-state index contributed by atoms with van der Waals surface area (Å²) in [5, 5.41) is 6.27. The van der Waals surface area contributed by atoms with Crippen molar-refractivity contribution in [2.45, 2.75) is 45.1 Å². The number of carbonyl (C=O) groups excluding carboxylic acids is 2. The van der Waals surface area contributed by atoms with Crippen LogP contribution < -0.4 is 15.4 Å². The first-order chi connectivity index (χ1) is 11.2. The zero-order valence-electron chi connectivity index (χ0n) is 13.8. The topological polar surface area (TPSA) is 67.4 Å². The maximum atomic E-state index is 12.1. The minimum Gasteiger partial charge on any atom is -0.494 e. The first-order valence-corrected chi connectivity index (χ1v) is 8.45. The Hall–Kier alpha value is -1.88. The zero-order chi connectivity index (χ0) is 16.5. The van der Waals surface area contributed by atoms with Crippen molar-refractivity contribution >= 4 is 11.7 Å². The van der Waals surface area contributed by atoms with Crippen LogP contribution in [-0.4, -0.2) is 37.4 Å². The van der Waals surface area contributed by atoms with Crippen molar-refractivity contribution in [2.24, 2.45) is 0 Å². The Kier molecular flexibility index (Phi) is 7.07. The van der Waals surface area contributed by atoms with Gasteiger partial charge < -0.3 is 15.4 Å². The summed E-state index contributed by atoms with van der Waals surface area (Å²) in [7, 11) is 0. The van der Waals surface area contributed by atoms with Crippen molar-refractivity contribution in [3.63, 3.8) is 0 Å². The van der Waals surface area contributed by atoms with Crippen LogP contribution in [0.2, 0.25) is 0 Å². The summed E-state index contributed by atoms with van der Waals surface area (Å²) in [4.78, 5) is 24.1. The minimum absolute atomic E-state index is 0.00694. The molecule has 0 spiro atoms. The monoisotopic (exact) mass is 318 g/mol. The van der Waals surface area contributed by atoms with E-state index >= 15 is 0 Å². The lowest BCUT2D eigenvalue weighted by atomic mass is 10.0. The van der Waals surface area contributed by atoms with Crippen molar-refractivity contribution < 1.29 is 14.3 Å². The predicted molar refractivity (Wildman–Crippen MR) is 89.8 cm³/mol. The summed E-state index contributed by atoms with van der Waals surface area (Å²) in [6.07, 6.45) is 3.35. The van der Waals surface area contributed by atoms with E-state index in [4.69, 9.17) is 4.74 Å². The number of Topliss-reactive ketones (excluding diaryl/α,β-unsaturated/α-hetero) is 1. The van der Waals surface area contributed by atoms with Gasteiger partial charge >= 0.3 is 0 Å². The number of benzene rings is 1. The van der Waals surface area contributed by atoms with Gasteiger partial charge in [-0.2, -0.15) is 0 Å². The van der Waals surface area contributed by atoms with E-state index in [1.807, 2.05) is 6.92 Å². The first kappa shape index (κ1) is 17.5. The maximum Gasteiger partial charge on any atom is 0.220 e. The summed E-state index contributed by atoms with van der Waals surface area (Å²) in [6.45, 7) is 4.60. The first-order valence-electron chi connectivity index (χ1n) is 8.45. The summed E-state index contributed by atoms with van der Waals surface area (Å²) >= 11 is 0.